The number of nitrogens with zero attached hydrogens (tertiary/aromatic N) is 5. The molecule has 0 atom stereocenters. The van der Waals surface area contributed by atoms with Gasteiger partial charge in [-0.3, -0.25) is 14.4 Å². The van der Waals surface area contributed by atoms with Crippen molar-refractivity contribution in [3.63, 3.8) is 0 Å². The Balaban J connectivity index is 0.000000193. The van der Waals surface area contributed by atoms with E-state index >= 15 is 0 Å². The minimum Gasteiger partial charge on any atom is -0.497 e. The molecule has 63 heavy (non-hydrogen) atoms. The highest BCUT2D eigenvalue weighted by atomic mass is 32.2. The Morgan fingerprint density at radius 3 is 1.76 bits per heavy atom. The summed E-state index contributed by atoms with van der Waals surface area (Å²) in [5.41, 5.74) is -1.37. The maximum absolute atomic E-state index is 13.1. The predicted molar refractivity (Wildman–Crippen MR) is 223 cm³/mol. The topological polar surface area (TPSA) is 218 Å². The van der Waals surface area contributed by atoms with E-state index in [1.54, 1.807) is 36.1 Å². The lowest BCUT2D eigenvalue weighted by Gasteiger charge is -2.24. The third kappa shape index (κ3) is 9.05. The van der Waals surface area contributed by atoms with E-state index in [1.807, 2.05) is 12.1 Å². The summed E-state index contributed by atoms with van der Waals surface area (Å²) in [4.78, 5) is 44.1. The Morgan fingerprint density at radius 2 is 1.30 bits per heavy atom. The first-order valence-electron chi connectivity index (χ1n) is 20.1. The lowest BCUT2D eigenvalue weighted by molar-refractivity contribution is -0.0499. The van der Waals surface area contributed by atoms with Gasteiger partial charge >= 0.3 is 15.6 Å². The highest BCUT2D eigenvalue weighted by Gasteiger charge is 2.49. The number of nitrogens with one attached hydrogen (secondary N) is 1. The molecule has 0 saturated heterocycles. The normalized spacial score (nSPS) is 14.5. The standard InChI is InChI=1S/C22H22F3N3O6S.C21H23N3O4/c1-12(30)17-9-18(34-35(31,32)22(23,24)25)19-20(13-4-3-5-13)27-28(21(19)26-17)10-14-6-7-16(33-2)8-15(14)11-29;1-12(26)17-9-18(27)19-20(13-4-3-5-13)23-24(21(19)22-17)10-14-6-7-16(28-2)8-15(14)11-25/h6-9,13,29H,3-5,10-11H2,1-2H3;6-9,13,25H,3-5,10-11H2,1-2H3,(H,22,27). The summed E-state index contributed by atoms with van der Waals surface area (Å²) in [6.45, 7) is 2.56. The minimum absolute atomic E-state index is 0.00610. The molecule has 0 bridgehead atoms. The summed E-state index contributed by atoms with van der Waals surface area (Å²) < 4.78 is 81.0. The number of rotatable bonds is 14. The summed E-state index contributed by atoms with van der Waals surface area (Å²) in [5.74, 6) is -0.113. The third-order valence-electron chi connectivity index (χ3n) is 11.5. The van der Waals surface area contributed by atoms with Crippen LogP contribution in [-0.4, -0.2) is 79.5 Å². The number of hydrogen-bond donors (Lipinski definition) is 3. The lowest BCUT2D eigenvalue weighted by atomic mass is 9.82. The number of halogens is 3. The number of H-pyrrole nitrogens is 1. The van der Waals surface area contributed by atoms with E-state index in [0.29, 0.717) is 58.7 Å². The quantitative estimate of drug-likeness (QED) is 0.0612. The molecular formula is C43H45F3N6O10S. The molecule has 3 N–H and O–H groups in total. The summed E-state index contributed by atoms with van der Waals surface area (Å²) in [6.07, 6.45) is 5.46. The smallest absolute Gasteiger partial charge is 0.497 e. The molecule has 0 unspecified atom stereocenters. The number of fused-ring (bicyclic) bond motifs is 2. The zero-order chi connectivity index (χ0) is 45.4. The van der Waals surface area contributed by atoms with Crippen molar-refractivity contribution in [3.05, 3.63) is 104 Å². The van der Waals surface area contributed by atoms with Gasteiger partial charge in [0.05, 0.1) is 68.4 Å². The molecule has 16 nitrogen and oxygen atoms in total. The largest absolute Gasteiger partial charge is 0.534 e. The Kier molecular flexibility index (Phi) is 12.8. The zero-order valence-electron chi connectivity index (χ0n) is 34.8. The van der Waals surface area contributed by atoms with Crippen LogP contribution in [0.2, 0.25) is 0 Å². The number of aromatic amines is 1. The van der Waals surface area contributed by atoms with Gasteiger partial charge in [0.2, 0.25) is 0 Å². The van der Waals surface area contributed by atoms with Gasteiger partial charge in [0.25, 0.3) is 0 Å². The maximum Gasteiger partial charge on any atom is 0.534 e. The van der Waals surface area contributed by atoms with E-state index < -0.39 is 27.2 Å². The number of aromatic nitrogens is 6. The van der Waals surface area contributed by atoms with E-state index in [-0.39, 0.29) is 65.2 Å². The van der Waals surface area contributed by atoms with Gasteiger partial charge in [0.15, 0.2) is 28.4 Å². The van der Waals surface area contributed by atoms with Crippen LogP contribution in [-0.2, 0) is 36.4 Å². The van der Waals surface area contributed by atoms with Crippen molar-refractivity contribution < 1.29 is 55.0 Å². The van der Waals surface area contributed by atoms with Crippen molar-refractivity contribution in [3.8, 4) is 17.2 Å². The number of hydrogen-bond acceptors (Lipinski definition) is 13. The number of ketones is 2. The van der Waals surface area contributed by atoms with Crippen molar-refractivity contribution in [2.24, 2.45) is 0 Å². The Labute approximate surface area is 358 Å². The Morgan fingerprint density at radius 1 is 0.778 bits per heavy atom. The van der Waals surface area contributed by atoms with Gasteiger partial charge in [-0.25, -0.2) is 14.3 Å². The highest BCUT2D eigenvalue weighted by Crippen LogP contribution is 2.43. The molecule has 0 aliphatic heterocycles. The first-order chi connectivity index (χ1) is 30.0. The van der Waals surface area contributed by atoms with E-state index in [1.165, 1.54) is 24.8 Å². The van der Waals surface area contributed by atoms with E-state index in [4.69, 9.17) is 14.6 Å². The van der Waals surface area contributed by atoms with Crippen LogP contribution in [0.15, 0.2) is 53.3 Å². The van der Waals surface area contributed by atoms with Crippen LogP contribution in [0.4, 0.5) is 13.2 Å². The molecule has 20 heteroatoms. The lowest BCUT2D eigenvalue weighted by Crippen LogP contribution is -2.28. The number of benzene rings is 2. The number of Topliss-reactive ketones (excluding diaryl/α,β-unsaturated/α-hetero) is 2. The summed E-state index contributed by atoms with van der Waals surface area (Å²) in [5, 5.41) is 29.4. The van der Waals surface area contributed by atoms with Crippen LogP contribution in [0.1, 0.15) is 119 Å². The van der Waals surface area contributed by atoms with Gasteiger partial charge in [0.1, 0.15) is 22.8 Å². The van der Waals surface area contributed by atoms with Crippen molar-refractivity contribution >= 4 is 43.8 Å². The first kappa shape index (κ1) is 44.9. The molecule has 6 aromatic rings. The molecule has 2 aliphatic rings. The number of aliphatic hydroxyl groups excluding tert-OH is 2. The van der Waals surface area contributed by atoms with E-state index in [2.05, 4.69) is 19.2 Å². The number of methoxy groups -OCH3 is 2. The Hall–Kier alpha value is -6.12. The number of alkyl halides is 3. The van der Waals surface area contributed by atoms with Crippen LogP contribution < -0.4 is 19.1 Å². The fourth-order valence-corrected chi connectivity index (χ4v) is 7.99. The van der Waals surface area contributed by atoms with E-state index in [0.717, 1.165) is 55.5 Å². The van der Waals surface area contributed by atoms with Gasteiger partial charge in [-0.05, 0) is 72.2 Å². The van der Waals surface area contributed by atoms with Crippen molar-refractivity contribution in [2.75, 3.05) is 14.2 Å². The second-order valence-corrected chi connectivity index (χ2v) is 17.0. The summed E-state index contributed by atoms with van der Waals surface area (Å²) in [6, 6.07) is 12.8. The molecule has 2 saturated carbocycles. The zero-order valence-corrected chi connectivity index (χ0v) is 35.6. The SMILES string of the molecule is COc1ccc(Cn2nc(C3CCC3)c3c(=O)cc(C(C)=O)[nH]c32)c(CO)c1.COc1ccc(Cn2nc(C3CCC3)c3c(OS(=O)(=O)C(F)(F)F)cc(C(C)=O)nc32)c(CO)c1. The summed E-state index contributed by atoms with van der Waals surface area (Å²) >= 11 is 0. The second-order valence-electron chi connectivity index (χ2n) is 15.5. The molecule has 0 spiro atoms. The molecule has 0 radical (unpaired) electrons. The van der Waals surface area contributed by atoms with Crippen LogP contribution in [0.25, 0.3) is 22.1 Å². The van der Waals surface area contributed by atoms with Crippen molar-refractivity contribution in [1.82, 2.24) is 29.5 Å². The first-order valence-corrected chi connectivity index (χ1v) is 21.5. The van der Waals surface area contributed by atoms with Gasteiger partial charge in [-0.15, -0.1) is 0 Å². The molecular weight excluding hydrogens is 850 g/mol. The van der Waals surface area contributed by atoms with Crippen LogP contribution in [0.5, 0.6) is 17.2 Å². The third-order valence-corrected chi connectivity index (χ3v) is 12.4. The van der Waals surface area contributed by atoms with Crippen molar-refractivity contribution in [1.29, 1.82) is 0 Å². The number of ether oxygens (including phenoxy) is 2. The molecule has 4 aromatic heterocycles. The van der Waals surface area contributed by atoms with Gasteiger partial charge < -0.3 is 28.9 Å². The minimum atomic E-state index is -6.01. The summed E-state index contributed by atoms with van der Waals surface area (Å²) in [7, 11) is -2.95. The predicted octanol–water partition coefficient (Wildman–Crippen LogP) is 6.42. The molecule has 334 valence electrons. The monoisotopic (exact) mass is 894 g/mol. The number of carbonyl (C=O) groups excluding carboxylic acids is 2. The van der Waals surface area contributed by atoms with Crippen molar-refractivity contribution in [2.45, 2.75) is 96.0 Å². The average molecular weight is 895 g/mol. The molecule has 0 amide bonds. The van der Waals surface area contributed by atoms with Crippen LogP contribution in [0.3, 0.4) is 0 Å². The highest BCUT2D eigenvalue weighted by molar-refractivity contribution is 7.88. The Bertz CT molecular complexity index is 2900. The fraction of sp³-hybridized carbons (Fsp3) is 0.395. The molecule has 2 fully saturated rings. The molecule has 8 rings (SSSR count). The number of pyridine rings is 2. The molecule has 4 heterocycles. The van der Waals surface area contributed by atoms with Gasteiger partial charge in [-0.1, -0.05) is 25.0 Å². The fourth-order valence-electron chi connectivity index (χ4n) is 7.53. The number of carbonyl (C=O) groups is 2. The maximum atomic E-state index is 13.1. The van der Waals surface area contributed by atoms with Gasteiger partial charge in [-0.2, -0.15) is 31.8 Å². The number of aliphatic hydroxyl groups is 2. The molecule has 2 aliphatic carbocycles. The van der Waals surface area contributed by atoms with Crippen LogP contribution in [0, 0.1) is 0 Å². The van der Waals surface area contributed by atoms with Crippen LogP contribution >= 0.6 is 0 Å². The average Bonchev–Trinajstić information content (AvgIpc) is 3.74. The van der Waals surface area contributed by atoms with E-state index in [9.17, 15) is 46.2 Å². The van der Waals surface area contributed by atoms with Gasteiger partial charge in [0, 0.05) is 37.8 Å². The molecule has 2 aromatic carbocycles. The second kappa shape index (κ2) is 17.9.